The number of nitrogens with zero attached hydrogens (tertiary/aromatic N) is 1. The van der Waals surface area contributed by atoms with Crippen molar-refractivity contribution in [2.75, 3.05) is 0 Å². The molecule has 1 aliphatic heterocycles. The molecule has 0 radical (unpaired) electrons. The van der Waals surface area contributed by atoms with Gasteiger partial charge in [0.05, 0.1) is 12.0 Å². The van der Waals surface area contributed by atoms with Crippen LogP contribution in [-0.4, -0.2) is 12.5 Å². The molecule has 2 aliphatic rings. The zero-order valence-corrected chi connectivity index (χ0v) is 13.6. The molecule has 1 aromatic rings. The minimum absolute atomic E-state index is 0.00334. The quantitative estimate of drug-likeness (QED) is 0.548. The standard InChI is InChI=1S/C15H11BrClF3N2/c16-12-6-11-13(5-10(12)7-17)21-8-22-14(11,15(18,19)20)4-3-9-1-2-9/h5-6,8-9H,1-2,7H2,(H,21,22)/t14-/m0/s1. The summed E-state index contributed by atoms with van der Waals surface area (Å²) in [5.74, 6) is 5.40. The highest BCUT2D eigenvalue weighted by molar-refractivity contribution is 9.10. The lowest BCUT2D eigenvalue weighted by atomic mass is 9.86. The van der Waals surface area contributed by atoms with E-state index in [-0.39, 0.29) is 23.0 Å². The van der Waals surface area contributed by atoms with Crippen molar-refractivity contribution in [3.05, 3.63) is 27.7 Å². The summed E-state index contributed by atoms with van der Waals surface area (Å²) in [6.07, 6.45) is -1.80. The van der Waals surface area contributed by atoms with Gasteiger partial charge < -0.3 is 5.32 Å². The third-order valence-corrected chi connectivity index (χ3v) is 4.69. The van der Waals surface area contributed by atoms with Crippen molar-refractivity contribution in [2.45, 2.75) is 30.4 Å². The first kappa shape index (κ1) is 15.7. The molecule has 1 heterocycles. The third-order valence-electron chi connectivity index (χ3n) is 3.66. The summed E-state index contributed by atoms with van der Waals surface area (Å²) >= 11 is 9.07. The highest BCUT2D eigenvalue weighted by Gasteiger charge is 2.57. The summed E-state index contributed by atoms with van der Waals surface area (Å²) in [4.78, 5) is 4.01. The monoisotopic (exact) mass is 390 g/mol. The second kappa shape index (κ2) is 5.47. The molecule has 0 aromatic heterocycles. The van der Waals surface area contributed by atoms with Crippen molar-refractivity contribution < 1.29 is 13.2 Å². The molecule has 22 heavy (non-hydrogen) atoms. The van der Waals surface area contributed by atoms with Crippen LogP contribution >= 0.6 is 27.5 Å². The second-order valence-corrected chi connectivity index (χ2v) is 6.41. The number of nitrogens with one attached hydrogen (secondary N) is 1. The molecule has 116 valence electrons. The van der Waals surface area contributed by atoms with Crippen LogP contribution in [0.4, 0.5) is 18.9 Å². The Kier molecular flexibility index (Phi) is 3.90. The molecule has 1 saturated carbocycles. The van der Waals surface area contributed by atoms with Crippen LogP contribution in [0.5, 0.6) is 0 Å². The van der Waals surface area contributed by atoms with Crippen LogP contribution in [0.25, 0.3) is 0 Å². The molecule has 1 fully saturated rings. The number of hydrogen-bond donors (Lipinski definition) is 1. The van der Waals surface area contributed by atoms with Crippen LogP contribution in [0.2, 0.25) is 0 Å². The van der Waals surface area contributed by atoms with E-state index in [2.05, 4.69) is 38.1 Å². The molecule has 1 N–H and O–H groups in total. The zero-order chi connectivity index (χ0) is 16.0. The van der Waals surface area contributed by atoms with Crippen molar-refractivity contribution in [3.8, 4) is 11.8 Å². The van der Waals surface area contributed by atoms with Crippen molar-refractivity contribution >= 4 is 39.6 Å². The van der Waals surface area contributed by atoms with Gasteiger partial charge in [-0.1, -0.05) is 27.8 Å². The molecule has 0 saturated heterocycles. The molecular formula is C15H11BrClF3N2. The molecule has 3 rings (SSSR count). The highest BCUT2D eigenvalue weighted by atomic mass is 79.9. The van der Waals surface area contributed by atoms with E-state index < -0.39 is 11.7 Å². The lowest BCUT2D eigenvalue weighted by Crippen LogP contribution is -2.53. The number of aliphatic imine (C=N–C) groups is 1. The van der Waals surface area contributed by atoms with Gasteiger partial charge in [0.25, 0.3) is 0 Å². The van der Waals surface area contributed by atoms with Crippen LogP contribution in [0.3, 0.4) is 0 Å². The number of benzene rings is 1. The predicted octanol–water partition coefficient (Wildman–Crippen LogP) is 4.62. The Morgan fingerprint density at radius 1 is 1.41 bits per heavy atom. The van der Waals surface area contributed by atoms with Crippen molar-refractivity contribution in [2.24, 2.45) is 10.9 Å². The molecular weight excluding hydrogens is 381 g/mol. The van der Waals surface area contributed by atoms with Crippen molar-refractivity contribution in [3.63, 3.8) is 0 Å². The maximum atomic E-state index is 13.8. The highest BCUT2D eigenvalue weighted by Crippen LogP contribution is 2.46. The van der Waals surface area contributed by atoms with E-state index in [1.165, 1.54) is 6.07 Å². The van der Waals surface area contributed by atoms with Gasteiger partial charge in [0, 0.05) is 21.8 Å². The minimum Gasteiger partial charge on any atom is -0.349 e. The first-order chi connectivity index (χ1) is 10.4. The molecule has 1 aromatic carbocycles. The van der Waals surface area contributed by atoms with E-state index in [0.717, 1.165) is 19.2 Å². The van der Waals surface area contributed by atoms with Gasteiger partial charge in [0.15, 0.2) is 0 Å². The minimum atomic E-state index is -4.57. The second-order valence-electron chi connectivity index (χ2n) is 5.29. The van der Waals surface area contributed by atoms with Gasteiger partial charge in [-0.05, 0) is 30.5 Å². The largest absolute Gasteiger partial charge is 0.427 e. The van der Waals surface area contributed by atoms with Gasteiger partial charge in [-0.15, -0.1) is 11.6 Å². The van der Waals surface area contributed by atoms with Crippen molar-refractivity contribution in [1.29, 1.82) is 0 Å². The average molecular weight is 392 g/mol. The fourth-order valence-corrected chi connectivity index (χ4v) is 3.10. The van der Waals surface area contributed by atoms with E-state index in [0.29, 0.717) is 10.0 Å². The fraction of sp³-hybridized carbons (Fsp3) is 0.400. The summed E-state index contributed by atoms with van der Waals surface area (Å²) in [7, 11) is 0. The van der Waals surface area contributed by atoms with Gasteiger partial charge in [0.1, 0.15) is 0 Å². The summed E-state index contributed by atoms with van der Waals surface area (Å²) < 4.78 is 41.9. The van der Waals surface area contributed by atoms with Crippen LogP contribution in [0, 0.1) is 17.8 Å². The number of fused-ring (bicyclic) bond motifs is 1. The lowest BCUT2D eigenvalue weighted by molar-refractivity contribution is -0.177. The smallest absolute Gasteiger partial charge is 0.349 e. The fourth-order valence-electron chi connectivity index (χ4n) is 2.24. The molecule has 1 atom stereocenters. The molecule has 7 heteroatoms. The molecule has 0 spiro atoms. The topological polar surface area (TPSA) is 24.4 Å². The Labute approximate surface area is 139 Å². The SMILES string of the molecule is FC(F)(F)[C@@]1(C#CC2CC2)NC=Nc2cc(CCl)c(Br)cc21. The maximum Gasteiger partial charge on any atom is 0.427 e. The Morgan fingerprint density at radius 3 is 2.73 bits per heavy atom. The zero-order valence-electron chi connectivity index (χ0n) is 11.3. The van der Waals surface area contributed by atoms with E-state index in [1.807, 2.05) is 0 Å². The number of alkyl halides is 4. The molecule has 0 amide bonds. The third kappa shape index (κ3) is 2.61. The summed E-state index contributed by atoms with van der Waals surface area (Å²) in [6, 6.07) is 2.97. The molecule has 0 bridgehead atoms. The normalized spacial score (nSPS) is 23.3. The van der Waals surface area contributed by atoms with Crippen LogP contribution in [0.15, 0.2) is 21.6 Å². The van der Waals surface area contributed by atoms with E-state index in [1.54, 1.807) is 6.07 Å². The van der Waals surface area contributed by atoms with Gasteiger partial charge in [-0.2, -0.15) is 13.2 Å². The van der Waals surface area contributed by atoms with Gasteiger partial charge in [0.2, 0.25) is 5.54 Å². The van der Waals surface area contributed by atoms with Crippen LogP contribution < -0.4 is 5.32 Å². The lowest BCUT2D eigenvalue weighted by Gasteiger charge is -2.35. The Bertz CT molecular complexity index is 701. The number of halogens is 5. The first-order valence-electron chi connectivity index (χ1n) is 6.66. The van der Waals surface area contributed by atoms with Crippen LogP contribution in [-0.2, 0) is 11.4 Å². The van der Waals surface area contributed by atoms with Crippen LogP contribution in [0.1, 0.15) is 24.0 Å². The summed E-state index contributed by atoms with van der Waals surface area (Å²) in [5, 5.41) is 2.33. The van der Waals surface area contributed by atoms with Gasteiger partial charge >= 0.3 is 6.18 Å². The maximum absolute atomic E-state index is 13.8. The molecule has 2 nitrogen and oxygen atoms in total. The first-order valence-corrected chi connectivity index (χ1v) is 7.98. The number of rotatable bonds is 1. The molecule has 1 aliphatic carbocycles. The molecule has 0 unspecified atom stereocenters. The van der Waals surface area contributed by atoms with E-state index >= 15 is 0 Å². The summed E-state index contributed by atoms with van der Waals surface area (Å²) in [5.41, 5.74) is -1.51. The van der Waals surface area contributed by atoms with Gasteiger partial charge in [-0.25, -0.2) is 4.99 Å². The number of hydrogen-bond acceptors (Lipinski definition) is 2. The Morgan fingerprint density at radius 2 is 2.14 bits per heavy atom. The Hall–Kier alpha value is -1.19. The Balaban J connectivity index is 2.20. The van der Waals surface area contributed by atoms with Crippen molar-refractivity contribution in [1.82, 2.24) is 5.32 Å². The predicted molar refractivity (Wildman–Crippen MR) is 83.2 cm³/mol. The average Bonchev–Trinajstić information content (AvgIpc) is 3.27. The van der Waals surface area contributed by atoms with Gasteiger partial charge in [-0.3, -0.25) is 0 Å². The summed E-state index contributed by atoms with van der Waals surface area (Å²) in [6.45, 7) is 0. The van der Waals surface area contributed by atoms with E-state index in [9.17, 15) is 13.2 Å². The van der Waals surface area contributed by atoms with E-state index in [4.69, 9.17) is 11.6 Å².